The van der Waals surface area contributed by atoms with Gasteiger partial charge in [-0.25, -0.2) is 14.8 Å². The summed E-state index contributed by atoms with van der Waals surface area (Å²) in [6.07, 6.45) is 4.74. The number of nitrogens with one attached hydrogen (secondary N) is 2. The van der Waals surface area contributed by atoms with E-state index in [1.807, 2.05) is 6.92 Å². The highest BCUT2D eigenvalue weighted by molar-refractivity contribution is 5.94. The highest BCUT2D eigenvalue weighted by Gasteiger charge is 2.35. The number of urea groups is 1. The van der Waals surface area contributed by atoms with E-state index >= 15 is 0 Å². The Kier molecular flexibility index (Phi) is 6.13. The molecular weight excluding hydrogens is 435 g/mol. The lowest BCUT2D eigenvalue weighted by atomic mass is 10.0. The maximum Gasteiger partial charge on any atom is 0.416 e. The van der Waals surface area contributed by atoms with E-state index in [9.17, 15) is 18.0 Å². The van der Waals surface area contributed by atoms with Crippen LogP contribution in [-0.4, -0.2) is 44.3 Å². The average molecular weight is 461 g/mol. The van der Waals surface area contributed by atoms with Crippen LogP contribution < -0.4 is 15.5 Å². The number of halogens is 3. The molecule has 3 atom stereocenters. The van der Waals surface area contributed by atoms with Crippen molar-refractivity contribution in [1.82, 2.24) is 24.8 Å². The van der Waals surface area contributed by atoms with E-state index in [1.54, 1.807) is 34.3 Å². The first-order valence-electron chi connectivity index (χ1n) is 10.8. The zero-order chi connectivity index (χ0) is 23.8. The lowest BCUT2D eigenvalue weighted by molar-refractivity contribution is -0.0887. The van der Waals surface area contributed by atoms with Gasteiger partial charge in [0.15, 0.2) is 0 Å². The average Bonchev–Trinajstić information content (AvgIpc) is 3.41. The van der Waals surface area contributed by atoms with Crippen molar-refractivity contribution in [3.05, 3.63) is 54.3 Å². The molecule has 1 aliphatic heterocycles. The van der Waals surface area contributed by atoms with Gasteiger partial charge in [-0.2, -0.15) is 18.2 Å². The first kappa shape index (κ1) is 22.8. The molecule has 0 spiro atoms. The molecule has 8 nitrogen and oxygen atoms in total. The number of hydrogen-bond donors (Lipinski definition) is 2. The number of carbonyl (C=O) groups is 1. The normalized spacial score (nSPS) is 21.8. The van der Waals surface area contributed by atoms with Crippen molar-refractivity contribution in [2.24, 2.45) is 5.92 Å². The fraction of sp³-hybridized carbons (Fsp3) is 0.455. The van der Waals surface area contributed by atoms with Gasteiger partial charge in [-0.15, -0.1) is 0 Å². The van der Waals surface area contributed by atoms with Crippen LogP contribution >= 0.6 is 0 Å². The lowest BCUT2D eigenvalue weighted by Gasteiger charge is -2.25. The standard InChI is InChI=1S/C22H26F3N7O/c1-13(2)18-10-27-21(33)32(18)19-8-9-26-20(30-19)29-14(3)17-11-31(12-28-17)16-6-4-15(5-7-16)22(23,24)25/h4-6,8-9,11-14,16,18H,7,10H2,1-3H3,(H,27,33)(H,26,29,30)/t14-,16?,18+/m0/s1. The molecule has 176 valence electrons. The Morgan fingerprint density at radius 2 is 2.03 bits per heavy atom. The fourth-order valence-electron chi connectivity index (χ4n) is 3.95. The Bertz CT molecular complexity index is 1080. The van der Waals surface area contributed by atoms with Gasteiger partial charge < -0.3 is 15.2 Å². The molecule has 2 aliphatic rings. The largest absolute Gasteiger partial charge is 0.416 e. The Balaban J connectivity index is 1.44. The van der Waals surface area contributed by atoms with Crippen LogP contribution in [0.5, 0.6) is 0 Å². The molecular formula is C22H26F3N7O. The second-order valence-electron chi connectivity index (χ2n) is 8.54. The summed E-state index contributed by atoms with van der Waals surface area (Å²) >= 11 is 0. The summed E-state index contributed by atoms with van der Waals surface area (Å²) in [4.78, 5) is 27.1. The molecule has 4 rings (SSSR count). The second kappa shape index (κ2) is 8.87. The Labute approximate surface area is 189 Å². The van der Waals surface area contributed by atoms with E-state index in [0.29, 0.717) is 24.0 Å². The molecule has 2 aromatic rings. The molecule has 1 saturated heterocycles. The highest BCUT2D eigenvalue weighted by Crippen LogP contribution is 2.32. The van der Waals surface area contributed by atoms with Crippen LogP contribution in [0.4, 0.5) is 29.7 Å². The summed E-state index contributed by atoms with van der Waals surface area (Å²) in [7, 11) is 0. The molecule has 1 fully saturated rings. The topological polar surface area (TPSA) is 88.0 Å². The minimum absolute atomic E-state index is 0.00355. The van der Waals surface area contributed by atoms with Gasteiger partial charge in [0.1, 0.15) is 5.82 Å². The van der Waals surface area contributed by atoms with Crippen LogP contribution in [0, 0.1) is 5.92 Å². The minimum atomic E-state index is -4.33. The number of allylic oxidation sites excluding steroid dienone is 4. The van der Waals surface area contributed by atoms with Crippen LogP contribution in [0.3, 0.4) is 0 Å². The molecule has 2 aromatic heterocycles. The molecule has 3 heterocycles. The number of hydrogen-bond acceptors (Lipinski definition) is 5. The molecule has 2 N–H and O–H groups in total. The SMILES string of the molecule is CC(C)[C@H]1CNC(=O)N1c1ccnc(N[C@@H](C)c2cn(C3C=CC(C(F)(F)F)=CC3)cn2)n1. The number of anilines is 2. The van der Waals surface area contributed by atoms with E-state index in [2.05, 4.69) is 39.4 Å². The quantitative estimate of drug-likeness (QED) is 0.666. The number of alkyl halides is 3. The van der Waals surface area contributed by atoms with Crippen LogP contribution in [-0.2, 0) is 0 Å². The summed E-state index contributed by atoms with van der Waals surface area (Å²) in [5.41, 5.74) is 0.0690. The number of amides is 2. The van der Waals surface area contributed by atoms with Gasteiger partial charge in [-0.1, -0.05) is 32.1 Å². The summed E-state index contributed by atoms with van der Waals surface area (Å²) in [6, 6.07) is 1.02. The van der Waals surface area contributed by atoms with Crippen molar-refractivity contribution in [3.8, 4) is 0 Å². The van der Waals surface area contributed by atoms with E-state index < -0.39 is 11.7 Å². The number of carbonyl (C=O) groups excluding carboxylic acids is 1. The Morgan fingerprint density at radius 1 is 1.24 bits per heavy atom. The van der Waals surface area contributed by atoms with Gasteiger partial charge in [-0.05, 0) is 25.3 Å². The number of nitrogens with zero attached hydrogens (tertiary/aromatic N) is 5. The smallest absolute Gasteiger partial charge is 0.346 e. The number of rotatable bonds is 6. The number of imidazole rings is 1. The summed E-state index contributed by atoms with van der Waals surface area (Å²) in [6.45, 7) is 6.56. The van der Waals surface area contributed by atoms with Crippen molar-refractivity contribution in [1.29, 1.82) is 0 Å². The van der Waals surface area contributed by atoms with Gasteiger partial charge in [0.2, 0.25) is 5.95 Å². The van der Waals surface area contributed by atoms with Gasteiger partial charge in [0.25, 0.3) is 0 Å². The molecule has 0 radical (unpaired) electrons. The number of aromatic nitrogens is 4. The molecule has 1 aliphatic carbocycles. The minimum Gasteiger partial charge on any atom is -0.346 e. The third kappa shape index (κ3) is 4.86. The predicted octanol–water partition coefficient (Wildman–Crippen LogP) is 4.39. The summed E-state index contributed by atoms with van der Waals surface area (Å²) in [5, 5.41) is 6.04. The monoisotopic (exact) mass is 461 g/mol. The lowest BCUT2D eigenvalue weighted by Crippen LogP contribution is -2.38. The fourth-order valence-corrected chi connectivity index (χ4v) is 3.95. The third-order valence-corrected chi connectivity index (χ3v) is 5.87. The van der Waals surface area contributed by atoms with Crippen molar-refractivity contribution in [2.45, 2.75) is 51.5 Å². The molecule has 0 bridgehead atoms. The third-order valence-electron chi connectivity index (χ3n) is 5.87. The van der Waals surface area contributed by atoms with E-state index in [0.717, 1.165) is 6.08 Å². The first-order valence-corrected chi connectivity index (χ1v) is 10.8. The molecule has 2 amide bonds. The van der Waals surface area contributed by atoms with Gasteiger partial charge >= 0.3 is 12.2 Å². The van der Waals surface area contributed by atoms with Crippen molar-refractivity contribution >= 4 is 17.8 Å². The zero-order valence-electron chi connectivity index (χ0n) is 18.5. The van der Waals surface area contributed by atoms with Crippen LogP contribution in [0.15, 0.2) is 48.6 Å². The van der Waals surface area contributed by atoms with Gasteiger partial charge in [-0.3, -0.25) is 4.90 Å². The zero-order valence-corrected chi connectivity index (χ0v) is 18.5. The van der Waals surface area contributed by atoms with E-state index in [-0.39, 0.29) is 36.5 Å². The van der Waals surface area contributed by atoms with Gasteiger partial charge in [0, 0.05) is 18.9 Å². The maximum atomic E-state index is 12.8. The Morgan fingerprint density at radius 3 is 2.70 bits per heavy atom. The molecule has 0 aromatic carbocycles. The highest BCUT2D eigenvalue weighted by atomic mass is 19.4. The molecule has 11 heteroatoms. The van der Waals surface area contributed by atoms with Crippen molar-refractivity contribution in [2.75, 3.05) is 16.8 Å². The van der Waals surface area contributed by atoms with Crippen molar-refractivity contribution < 1.29 is 18.0 Å². The predicted molar refractivity (Wildman–Crippen MR) is 118 cm³/mol. The van der Waals surface area contributed by atoms with E-state index in [4.69, 9.17) is 0 Å². The van der Waals surface area contributed by atoms with E-state index in [1.165, 1.54) is 12.2 Å². The maximum absolute atomic E-state index is 12.8. The molecule has 1 unspecified atom stereocenters. The molecule has 33 heavy (non-hydrogen) atoms. The molecule has 0 saturated carbocycles. The summed E-state index contributed by atoms with van der Waals surface area (Å²) in [5.74, 6) is 1.12. The van der Waals surface area contributed by atoms with Crippen LogP contribution in [0.1, 0.15) is 45.0 Å². The van der Waals surface area contributed by atoms with Crippen LogP contribution in [0.25, 0.3) is 0 Å². The first-order chi connectivity index (χ1) is 15.6. The van der Waals surface area contributed by atoms with Crippen LogP contribution in [0.2, 0.25) is 0 Å². The Hall–Kier alpha value is -3.37. The second-order valence-corrected chi connectivity index (χ2v) is 8.54. The summed E-state index contributed by atoms with van der Waals surface area (Å²) < 4.78 is 40.2. The van der Waals surface area contributed by atoms with Gasteiger partial charge in [0.05, 0.1) is 35.7 Å². The van der Waals surface area contributed by atoms with Crippen molar-refractivity contribution in [3.63, 3.8) is 0 Å².